The molecule has 0 unspecified atom stereocenters. The number of aryl methyl sites for hydroxylation is 1. The Morgan fingerprint density at radius 3 is 2.53 bits per heavy atom. The van der Waals surface area contributed by atoms with Crippen molar-refractivity contribution in [3.63, 3.8) is 0 Å². The Bertz CT molecular complexity index is 2500. The van der Waals surface area contributed by atoms with E-state index in [1.807, 2.05) is 39.0 Å². The van der Waals surface area contributed by atoms with E-state index in [1.54, 1.807) is 23.1 Å². The van der Waals surface area contributed by atoms with Crippen LogP contribution in [0.4, 0.5) is 0 Å². The Morgan fingerprint density at radius 1 is 1.03 bits per heavy atom. The highest BCUT2D eigenvalue weighted by Gasteiger charge is 2.57. The minimum absolute atomic E-state index is 0.137. The van der Waals surface area contributed by atoms with E-state index in [2.05, 4.69) is 79.2 Å². The second-order valence-corrected chi connectivity index (χ2v) is 19.3. The molecular weight excluding hydrogens is 811 g/mol. The quantitative estimate of drug-likeness (QED) is 0.172. The summed E-state index contributed by atoms with van der Waals surface area (Å²) in [7, 11) is 3.75. The molecule has 0 aliphatic carbocycles. The van der Waals surface area contributed by atoms with Crippen LogP contribution in [0.2, 0.25) is 0 Å². The highest BCUT2D eigenvalue weighted by molar-refractivity contribution is 5.98. The molecule has 338 valence electrons. The van der Waals surface area contributed by atoms with Gasteiger partial charge in [0.15, 0.2) is 0 Å². The number of methoxy groups -OCH3 is 1. The van der Waals surface area contributed by atoms with Crippen molar-refractivity contribution in [1.82, 2.24) is 35.1 Å². The zero-order valence-corrected chi connectivity index (χ0v) is 38.1. The van der Waals surface area contributed by atoms with Gasteiger partial charge in [-0.25, -0.2) is 5.43 Å². The summed E-state index contributed by atoms with van der Waals surface area (Å²) in [6.07, 6.45) is 5.08. The van der Waals surface area contributed by atoms with Crippen LogP contribution in [0.1, 0.15) is 76.8 Å². The monoisotopic (exact) mass is 871 g/mol. The van der Waals surface area contributed by atoms with E-state index in [-0.39, 0.29) is 55.9 Å². The molecule has 3 fully saturated rings. The average molecular weight is 872 g/mol. The molecule has 4 amide bonds. The van der Waals surface area contributed by atoms with Crippen LogP contribution in [0.5, 0.6) is 0 Å². The lowest BCUT2D eigenvalue weighted by molar-refractivity contribution is -0.156. The average Bonchev–Trinajstić information content (AvgIpc) is 3.75. The van der Waals surface area contributed by atoms with Crippen molar-refractivity contribution < 1.29 is 33.4 Å². The molecule has 2 aromatic heterocycles. The number of hydrogen-bond donors (Lipinski definition) is 2. The van der Waals surface area contributed by atoms with Gasteiger partial charge in [-0.2, -0.15) is 0 Å². The van der Waals surface area contributed by atoms with Gasteiger partial charge in [-0.1, -0.05) is 64.6 Å². The van der Waals surface area contributed by atoms with Crippen molar-refractivity contribution in [2.45, 2.75) is 91.0 Å². The Balaban J connectivity index is 1.17. The lowest BCUT2D eigenvalue weighted by Crippen LogP contribution is -2.64. The molecule has 64 heavy (non-hydrogen) atoms. The van der Waals surface area contributed by atoms with Gasteiger partial charge in [-0.05, 0) is 91.1 Å². The van der Waals surface area contributed by atoms with Crippen LogP contribution in [-0.2, 0) is 53.3 Å². The highest BCUT2D eigenvalue weighted by Crippen LogP contribution is 2.43. The number of hydrazine groups is 1. The van der Waals surface area contributed by atoms with Crippen molar-refractivity contribution in [2.24, 2.45) is 23.8 Å². The predicted octanol–water partition coefficient (Wildman–Crippen LogP) is 5.53. The van der Waals surface area contributed by atoms with Gasteiger partial charge in [-0.15, -0.1) is 0 Å². The minimum Gasteiger partial charge on any atom is -0.464 e. The zero-order chi connectivity index (χ0) is 45.7. The lowest BCUT2D eigenvalue weighted by atomic mass is 9.78. The van der Waals surface area contributed by atoms with E-state index in [4.69, 9.17) is 14.5 Å². The van der Waals surface area contributed by atoms with Crippen LogP contribution in [0.3, 0.4) is 0 Å². The van der Waals surface area contributed by atoms with Crippen molar-refractivity contribution in [3.8, 4) is 22.4 Å². The summed E-state index contributed by atoms with van der Waals surface area (Å²) >= 11 is 0. The third-order valence-corrected chi connectivity index (χ3v) is 13.7. The lowest BCUT2D eigenvalue weighted by Gasteiger charge is -2.46. The van der Waals surface area contributed by atoms with Crippen molar-refractivity contribution >= 4 is 40.5 Å². The first kappa shape index (κ1) is 44.7. The number of carbonyl (C=O) groups is 5. The number of likely N-dealkylation sites (tertiary alicyclic amines) is 2. The standard InChI is InChI=1S/C50H61N7O7/c1-9-41(58)55-27-50(28-55)19-22-56(48(50)62)43(30(2)3)45(59)52-39-24-32-13-10-14-33(23-32)34-17-18-40-36(25-34)37(44(54(40)7)35-15-11-20-51-42(35)31(4)63-8)26-49(5,6)29-64-47(61)38-16-12-21-57(53-38)46(39)60/h9-11,13-15,17-18,20,23,25,30-31,38-39,43,53H,1,12,16,19,21-22,24,26-29H2,2-8H3,(H,52,59)/t31-,38-,39-,43-/m0/s1. The first-order valence-corrected chi connectivity index (χ1v) is 22.5. The van der Waals surface area contributed by atoms with Crippen LogP contribution in [0.15, 0.2) is 73.4 Å². The molecule has 8 rings (SSSR count). The third-order valence-electron chi connectivity index (χ3n) is 13.7. The molecule has 4 aliphatic rings. The number of cyclic esters (lactones) is 1. The maximum atomic E-state index is 14.7. The molecule has 14 nitrogen and oxygen atoms in total. The number of pyridine rings is 1. The molecule has 6 heterocycles. The number of nitrogens with zero attached hydrogens (tertiary/aromatic N) is 5. The number of benzene rings is 2. The topological polar surface area (TPSA) is 155 Å². The Morgan fingerprint density at radius 2 is 1.80 bits per heavy atom. The minimum atomic E-state index is -1.03. The summed E-state index contributed by atoms with van der Waals surface area (Å²) in [5, 5.41) is 5.59. The van der Waals surface area contributed by atoms with Crippen molar-refractivity contribution in [2.75, 3.05) is 39.9 Å². The number of esters is 1. The van der Waals surface area contributed by atoms with Gasteiger partial charge in [0.2, 0.25) is 17.7 Å². The van der Waals surface area contributed by atoms with Crippen LogP contribution < -0.4 is 10.7 Å². The van der Waals surface area contributed by atoms with Gasteiger partial charge >= 0.3 is 5.97 Å². The third kappa shape index (κ3) is 8.33. The smallest absolute Gasteiger partial charge is 0.324 e. The van der Waals surface area contributed by atoms with Crippen LogP contribution in [-0.4, -0.2) is 112 Å². The number of aromatic nitrogens is 2. The first-order valence-electron chi connectivity index (χ1n) is 22.5. The van der Waals surface area contributed by atoms with E-state index in [0.29, 0.717) is 38.8 Å². The summed E-state index contributed by atoms with van der Waals surface area (Å²) < 4.78 is 14.1. The second-order valence-electron chi connectivity index (χ2n) is 19.3. The molecule has 0 radical (unpaired) electrons. The highest BCUT2D eigenvalue weighted by atomic mass is 16.5. The Labute approximate surface area is 375 Å². The summed E-state index contributed by atoms with van der Waals surface area (Å²) in [6, 6.07) is 15.9. The molecule has 2 aromatic carbocycles. The van der Waals surface area contributed by atoms with Crippen LogP contribution in [0.25, 0.3) is 33.3 Å². The molecule has 14 heteroatoms. The Kier molecular flexibility index (Phi) is 12.3. The fraction of sp³-hybridized carbons (Fsp3) is 0.480. The Hall–Kier alpha value is -5.86. The summed E-state index contributed by atoms with van der Waals surface area (Å²) in [6.45, 7) is 15.0. The summed E-state index contributed by atoms with van der Waals surface area (Å²) in [5.74, 6) is -1.92. The van der Waals surface area contributed by atoms with Gasteiger partial charge in [0.25, 0.3) is 5.91 Å². The summed E-state index contributed by atoms with van der Waals surface area (Å²) in [5.41, 5.74) is 9.65. The van der Waals surface area contributed by atoms with Gasteiger partial charge in [0, 0.05) is 74.8 Å². The van der Waals surface area contributed by atoms with Crippen LogP contribution >= 0.6 is 0 Å². The number of carbonyl (C=O) groups excluding carboxylic acids is 5. The number of amides is 4. The number of ether oxygens (including phenoxy) is 2. The van der Waals surface area contributed by atoms with E-state index in [0.717, 1.165) is 50.1 Å². The van der Waals surface area contributed by atoms with Gasteiger partial charge in [-0.3, -0.25) is 34.0 Å². The molecule has 6 bridgehead atoms. The molecule has 4 aliphatic heterocycles. The van der Waals surface area contributed by atoms with Crippen molar-refractivity contribution in [1.29, 1.82) is 0 Å². The SMILES string of the molecule is C=CC(=O)N1CC2(CCN([C@H](C(=O)N[C@H]3Cc4cccc(c4)-c4ccc5c(c4)c(c(-c4cccnc4[C@H](C)OC)n5C)CC(C)(C)COC(=O)[C@@H]4CCCN(N4)C3=O)C(C)C)C2=O)C1. The molecule has 0 saturated carbocycles. The number of rotatable bonds is 8. The maximum absolute atomic E-state index is 14.7. The molecule has 4 atom stereocenters. The molecule has 4 aromatic rings. The fourth-order valence-electron chi connectivity index (χ4n) is 10.2. The zero-order valence-electron chi connectivity index (χ0n) is 38.1. The second kappa shape index (κ2) is 17.6. The molecule has 1 spiro atoms. The van der Waals surface area contributed by atoms with E-state index < -0.39 is 40.8 Å². The van der Waals surface area contributed by atoms with E-state index >= 15 is 0 Å². The van der Waals surface area contributed by atoms with Gasteiger partial charge in [0.1, 0.15) is 18.1 Å². The van der Waals surface area contributed by atoms with E-state index in [9.17, 15) is 24.0 Å². The van der Waals surface area contributed by atoms with Gasteiger partial charge in [0.05, 0.1) is 29.5 Å². The largest absolute Gasteiger partial charge is 0.464 e. The number of fused-ring (bicyclic) bond motifs is 6. The van der Waals surface area contributed by atoms with E-state index in [1.165, 1.54) is 11.1 Å². The number of hydrogen-bond acceptors (Lipinski definition) is 9. The summed E-state index contributed by atoms with van der Waals surface area (Å²) in [4.78, 5) is 77.4. The van der Waals surface area contributed by atoms with Crippen molar-refractivity contribution in [3.05, 3.63) is 90.3 Å². The molecule has 2 N–H and O–H groups in total. The fourth-order valence-corrected chi connectivity index (χ4v) is 10.2. The van der Waals surface area contributed by atoms with Gasteiger partial charge < -0.3 is 29.2 Å². The maximum Gasteiger partial charge on any atom is 0.324 e. The normalized spacial score (nSPS) is 21.9. The molecule has 3 saturated heterocycles. The van der Waals surface area contributed by atoms with Crippen LogP contribution in [0, 0.1) is 16.7 Å². The number of nitrogens with one attached hydrogen (secondary N) is 2. The molecular formula is C50H61N7O7. The first-order chi connectivity index (χ1) is 30.5. The predicted molar refractivity (Wildman–Crippen MR) is 243 cm³/mol.